The van der Waals surface area contributed by atoms with E-state index in [1.165, 1.54) is 14.0 Å². The number of aliphatic hydroxyl groups excluding tert-OH is 1. The van der Waals surface area contributed by atoms with Gasteiger partial charge in [-0.3, -0.25) is 19.2 Å². The van der Waals surface area contributed by atoms with Crippen LogP contribution in [0.4, 0.5) is 0 Å². The molecule has 3 heterocycles. The Bertz CT molecular complexity index is 1130. The molecule has 0 aromatic rings. The standard InChI is InChI=1S/C35H57NO10/c1-12-14-15-36(10)25-16-20(4)43-33(30(25)40)45-31-22(6)29(39)23(7)32(41)44-26(13-2)35(9)24(17-27(37)46-35)21(5)28(38)19(3)18-34(31,8)42-11/h12,19-26,30-31,33,40H,1,13-18H2,2-11H3/t19-,20-,21-,22+,23-,24-,25+,26-,30-,31-,33+,34-,35+/m1/s1. The van der Waals surface area contributed by atoms with E-state index in [9.17, 15) is 24.3 Å². The second-order valence-electron chi connectivity index (χ2n) is 14.3. The molecule has 1 N–H and O–H groups in total. The molecule has 3 aliphatic rings. The predicted molar refractivity (Wildman–Crippen MR) is 171 cm³/mol. The maximum Gasteiger partial charge on any atom is 0.316 e. The fraction of sp³-hybridized carbons (Fsp3) is 0.829. The van der Waals surface area contributed by atoms with Crippen molar-refractivity contribution in [1.82, 2.24) is 4.90 Å². The van der Waals surface area contributed by atoms with Gasteiger partial charge in [-0.25, -0.2) is 0 Å². The van der Waals surface area contributed by atoms with E-state index in [1.807, 2.05) is 27.0 Å². The van der Waals surface area contributed by atoms with Gasteiger partial charge in [0, 0.05) is 43.4 Å². The molecule has 0 aromatic heterocycles. The van der Waals surface area contributed by atoms with Crippen LogP contribution in [0.15, 0.2) is 12.7 Å². The number of likely N-dealkylation sites (N-methyl/N-ethyl adjacent to an activating group) is 1. The van der Waals surface area contributed by atoms with E-state index in [2.05, 4.69) is 11.5 Å². The number of Topliss-reactive ketones (excluding diaryl/α,β-unsaturated/α-hetero) is 2. The maximum absolute atomic E-state index is 14.1. The van der Waals surface area contributed by atoms with Crippen LogP contribution in [0.1, 0.15) is 87.5 Å². The van der Waals surface area contributed by atoms with Crippen LogP contribution in [0.25, 0.3) is 0 Å². The number of cyclic esters (lactones) is 1. The van der Waals surface area contributed by atoms with Crippen molar-refractivity contribution in [2.45, 2.75) is 135 Å². The highest BCUT2D eigenvalue weighted by Gasteiger charge is 2.57. The number of esters is 2. The Morgan fingerprint density at radius 3 is 2.30 bits per heavy atom. The van der Waals surface area contributed by atoms with Gasteiger partial charge in [0.05, 0.1) is 24.2 Å². The van der Waals surface area contributed by atoms with Crippen molar-refractivity contribution in [3.05, 3.63) is 12.7 Å². The quantitative estimate of drug-likeness (QED) is 0.233. The second kappa shape index (κ2) is 15.4. The zero-order chi connectivity index (χ0) is 34.7. The monoisotopic (exact) mass is 651 g/mol. The zero-order valence-corrected chi connectivity index (χ0v) is 29.4. The molecule has 0 radical (unpaired) electrons. The number of hydrogen-bond acceptors (Lipinski definition) is 11. The number of methoxy groups -OCH3 is 1. The minimum Gasteiger partial charge on any atom is -0.458 e. The molecule has 3 saturated heterocycles. The van der Waals surface area contributed by atoms with Crippen molar-refractivity contribution in [3.8, 4) is 0 Å². The van der Waals surface area contributed by atoms with Gasteiger partial charge >= 0.3 is 11.9 Å². The first-order chi connectivity index (χ1) is 21.4. The number of nitrogens with zero attached hydrogens (tertiary/aromatic N) is 1. The van der Waals surface area contributed by atoms with Gasteiger partial charge in [0.15, 0.2) is 12.1 Å². The third-order valence-electron chi connectivity index (χ3n) is 10.9. The summed E-state index contributed by atoms with van der Waals surface area (Å²) in [7, 11) is 3.42. The number of carbonyl (C=O) groups excluding carboxylic acids is 4. The van der Waals surface area contributed by atoms with Crippen molar-refractivity contribution in [3.63, 3.8) is 0 Å². The molecule has 0 unspecified atom stereocenters. The van der Waals surface area contributed by atoms with Gasteiger partial charge in [-0.2, -0.15) is 0 Å². The number of aliphatic hydroxyl groups is 1. The number of ketones is 2. The molecule has 3 fully saturated rings. The van der Waals surface area contributed by atoms with Crippen LogP contribution in [0.2, 0.25) is 0 Å². The molecule has 0 aliphatic carbocycles. The number of rotatable bonds is 8. The average Bonchev–Trinajstić information content (AvgIpc) is 3.33. The molecule has 11 heteroatoms. The second-order valence-corrected chi connectivity index (χ2v) is 14.3. The van der Waals surface area contributed by atoms with Gasteiger partial charge < -0.3 is 33.7 Å². The zero-order valence-electron chi connectivity index (χ0n) is 29.4. The summed E-state index contributed by atoms with van der Waals surface area (Å²) in [5.41, 5.74) is -2.45. The fourth-order valence-electron chi connectivity index (χ4n) is 7.88. The van der Waals surface area contributed by atoms with Crippen LogP contribution >= 0.6 is 0 Å². The van der Waals surface area contributed by atoms with E-state index in [0.717, 1.165) is 6.42 Å². The molecule has 3 rings (SSSR count). The molecule has 0 amide bonds. The molecule has 13 atom stereocenters. The summed E-state index contributed by atoms with van der Waals surface area (Å²) in [5, 5.41) is 11.5. The maximum atomic E-state index is 14.1. The largest absolute Gasteiger partial charge is 0.458 e. The van der Waals surface area contributed by atoms with E-state index in [-0.39, 0.29) is 30.8 Å². The van der Waals surface area contributed by atoms with E-state index in [4.69, 9.17) is 23.7 Å². The summed E-state index contributed by atoms with van der Waals surface area (Å²) in [6.45, 7) is 18.4. The average molecular weight is 652 g/mol. The summed E-state index contributed by atoms with van der Waals surface area (Å²) in [6, 6.07) is -0.279. The molecular formula is C35H57NO10. The molecule has 0 saturated carbocycles. The smallest absolute Gasteiger partial charge is 0.316 e. The normalized spacial score (nSPS) is 43.1. The van der Waals surface area contributed by atoms with E-state index in [1.54, 1.807) is 34.6 Å². The van der Waals surface area contributed by atoms with Crippen LogP contribution < -0.4 is 0 Å². The van der Waals surface area contributed by atoms with Crippen molar-refractivity contribution in [2.24, 2.45) is 29.6 Å². The van der Waals surface area contributed by atoms with Crippen molar-refractivity contribution < 1.29 is 48.0 Å². The summed E-state index contributed by atoms with van der Waals surface area (Å²) in [4.78, 5) is 56.3. The van der Waals surface area contributed by atoms with Crippen LogP contribution in [0.5, 0.6) is 0 Å². The Morgan fingerprint density at radius 2 is 1.72 bits per heavy atom. The third kappa shape index (κ3) is 7.75. The Kier molecular flexibility index (Phi) is 12.8. The highest BCUT2D eigenvalue weighted by atomic mass is 16.7. The SMILES string of the molecule is C=CCCN(C)[C@H]1C[C@@H](C)O[C@@H](O[C@@H]2[C@@H](C)C(=O)[C@@H](C)C(=O)O[C@H](CC)[C@@]3(C)OC(=O)C[C@@H]3[C@@H](C)C(=O)[C@H](C)C[C@@]2(C)OC)[C@@H]1O. The first-order valence-corrected chi connectivity index (χ1v) is 16.8. The van der Waals surface area contributed by atoms with Gasteiger partial charge in [0.2, 0.25) is 0 Å². The van der Waals surface area contributed by atoms with Crippen LogP contribution in [-0.4, -0.2) is 102 Å². The first kappa shape index (κ1) is 38.3. The van der Waals surface area contributed by atoms with Gasteiger partial charge in [-0.15, -0.1) is 6.58 Å². The van der Waals surface area contributed by atoms with E-state index in [0.29, 0.717) is 19.4 Å². The number of carbonyl (C=O) groups is 4. The van der Waals surface area contributed by atoms with Gasteiger partial charge in [0.1, 0.15) is 29.5 Å². The summed E-state index contributed by atoms with van der Waals surface area (Å²) < 4.78 is 30.5. The van der Waals surface area contributed by atoms with Crippen LogP contribution in [-0.2, 0) is 42.9 Å². The predicted octanol–water partition coefficient (Wildman–Crippen LogP) is 3.88. The minimum atomic E-state index is -1.23. The van der Waals surface area contributed by atoms with E-state index < -0.39 is 83.1 Å². The number of fused-ring (bicyclic) bond motifs is 1. The highest BCUT2D eigenvalue weighted by Crippen LogP contribution is 2.45. The molecule has 0 bridgehead atoms. The third-order valence-corrected chi connectivity index (χ3v) is 10.9. The lowest BCUT2D eigenvalue weighted by atomic mass is 9.70. The lowest BCUT2D eigenvalue weighted by Crippen LogP contribution is -2.60. The molecular weight excluding hydrogens is 594 g/mol. The Labute approximate surface area is 274 Å². The van der Waals surface area contributed by atoms with Crippen LogP contribution in [0, 0.1) is 29.6 Å². The van der Waals surface area contributed by atoms with Gasteiger partial charge in [-0.05, 0) is 60.4 Å². The van der Waals surface area contributed by atoms with Crippen molar-refractivity contribution in [1.29, 1.82) is 0 Å². The lowest BCUT2D eigenvalue weighted by Gasteiger charge is -2.47. The fourth-order valence-corrected chi connectivity index (χ4v) is 7.88. The molecule has 11 nitrogen and oxygen atoms in total. The topological polar surface area (TPSA) is 138 Å². The number of ether oxygens (including phenoxy) is 5. The molecule has 262 valence electrons. The van der Waals surface area contributed by atoms with Gasteiger partial charge in [-0.1, -0.05) is 33.8 Å². The molecule has 0 aromatic carbocycles. The summed E-state index contributed by atoms with van der Waals surface area (Å²) in [5.74, 6) is -5.56. The number of hydrogen-bond donors (Lipinski definition) is 1. The summed E-state index contributed by atoms with van der Waals surface area (Å²) >= 11 is 0. The van der Waals surface area contributed by atoms with Crippen molar-refractivity contribution >= 4 is 23.5 Å². The summed E-state index contributed by atoms with van der Waals surface area (Å²) in [6.07, 6.45) is -0.623. The molecule has 3 aliphatic heterocycles. The molecule has 0 spiro atoms. The van der Waals surface area contributed by atoms with Gasteiger partial charge in [0.25, 0.3) is 0 Å². The Hall–Kier alpha value is -2.18. The van der Waals surface area contributed by atoms with Crippen molar-refractivity contribution in [2.75, 3.05) is 20.7 Å². The minimum absolute atomic E-state index is 0.0144. The van der Waals surface area contributed by atoms with E-state index >= 15 is 0 Å². The van der Waals surface area contributed by atoms with Crippen LogP contribution in [0.3, 0.4) is 0 Å². The first-order valence-electron chi connectivity index (χ1n) is 16.8. The Balaban J connectivity index is 2.06. The highest BCUT2D eigenvalue weighted by molar-refractivity contribution is 6.00. The lowest BCUT2D eigenvalue weighted by molar-refractivity contribution is -0.296. The Morgan fingerprint density at radius 1 is 1.07 bits per heavy atom. The molecule has 46 heavy (non-hydrogen) atoms.